The second-order valence-corrected chi connectivity index (χ2v) is 5.30. The van der Waals surface area contributed by atoms with E-state index in [0.717, 1.165) is 24.1 Å². The number of rotatable bonds is 3. The predicted molar refractivity (Wildman–Crippen MR) is 72.0 cm³/mol. The summed E-state index contributed by atoms with van der Waals surface area (Å²) in [5.41, 5.74) is 1.87. The van der Waals surface area contributed by atoms with Crippen LogP contribution in [0.1, 0.15) is 29.5 Å². The third-order valence-electron chi connectivity index (χ3n) is 3.98. The molecule has 1 N–H and O–H groups in total. The van der Waals surface area contributed by atoms with Crippen molar-refractivity contribution >= 4 is 0 Å². The lowest BCUT2D eigenvalue weighted by molar-refractivity contribution is -0.0739. The number of ether oxygens (including phenoxy) is 1. The van der Waals surface area contributed by atoms with Crippen LogP contribution in [-0.2, 0) is 5.92 Å². The van der Waals surface area contributed by atoms with Crippen molar-refractivity contribution in [3.63, 3.8) is 0 Å². The van der Waals surface area contributed by atoms with Gasteiger partial charge in [-0.25, -0.2) is 8.78 Å². The van der Waals surface area contributed by atoms with E-state index in [-0.39, 0.29) is 5.56 Å². The van der Waals surface area contributed by atoms with Gasteiger partial charge < -0.3 is 10.1 Å². The Labute approximate surface area is 113 Å². The molecule has 0 amide bonds. The lowest BCUT2D eigenvalue weighted by Crippen LogP contribution is -2.39. The van der Waals surface area contributed by atoms with Crippen LogP contribution in [0.15, 0.2) is 12.1 Å². The molecule has 1 aliphatic rings. The Balaban J connectivity index is 2.40. The molecular weight excluding hydrogens is 248 g/mol. The van der Waals surface area contributed by atoms with Crippen molar-refractivity contribution in [2.45, 2.75) is 32.6 Å². The van der Waals surface area contributed by atoms with E-state index in [4.69, 9.17) is 4.74 Å². The summed E-state index contributed by atoms with van der Waals surface area (Å²) in [6, 6.07) is 3.28. The summed E-state index contributed by atoms with van der Waals surface area (Å²) in [6.45, 7) is 4.95. The molecular formula is C15H21F2NO. The fourth-order valence-corrected chi connectivity index (χ4v) is 2.60. The minimum atomic E-state index is -2.85. The topological polar surface area (TPSA) is 21.3 Å². The molecule has 1 aromatic carbocycles. The predicted octanol–water partition coefficient (Wildman–Crippen LogP) is 3.40. The van der Waals surface area contributed by atoms with E-state index in [1.54, 1.807) is 12.1 Å². The van der Waals surface area contributed by atoms with Crippen LogP contribution in [0.25, 0.3) is 0 Å². The van der Waals surface area contributed by atoms with Crippen molar-refractivity contribution in [3.8, 4) is 5.75 Å². The van der Waals surface area contributed by atoms with Gasteiger partial charge in [-0.2, -0.15) is 0 Å². The molecule has 0 aliphatic carbocycles. The number of hydrogen-bond acceptors (Lipinski definition) is 2. The number of nitrogens with one attached hydrogen (secondary N) is 1. The number of halogens is 2. The van der Waals surface area contributed by atoms with Gasteiger partial charge in [0.05, 0.1) is 12.7 Å². The minimum absolute atomic E-state index is 0.0202. The molecule has 1 unspecified atom stereocenters. The highest BCUT2D eigenvalue weighted by atomic mass is 19.3. The Hall–Kier alpha value is -1.16. The van der Waals surface area contributed by atoms with Crippen molar-refractivity contribution in [1.29, 1.82) is 0 Å². The molecule has 0 spiro atoms. The van der Waals surface area contributed by atoms with Gasteiger partial charge in [0, 0.05) is 12.5 Å². The Kier molecular flexibility index (Phi) is 4.09. The van der Waals surface area contributed by atoms with E-state index >= 15 is 0 Å². The number of alkyl halides is 2. The molecule has 0 aromatic heterocycles. The highest BCUT2D eigenvalue weighted by molar-refractivity contribution is 5.44. The van der Waals surface area contributed by atoms with Crippen molar-refractivity contribution in [3.05, 3.63) is 28.8 Å². The van der Waals surface area contributed by atoms with E-state index in [0.29, 0.717) is 18.7 Å². The van der Waals surface area contributed by atoms with E-state index in [9.17, 15) is 8.78 Å². The smallest absolute Gasteiger partial charge is 0.280 e. The van der Waals surface area contributed by atoms with Gasteiger partial charge in [-0.1, -0.05) is 0 Å². The molecule has 0 bridgehead atoms. The third-order valence-corrected chi connectivity index (χ3v) is 3.98. The zero-order valence-corrected chi connectivity index (χ0v) is 11.7. The van der Waals surface area contributed by atoms with Crippen LogP contribution in [0, 0.1) is 19.8 Å². The zero-order valence-electron chi connectivity index (χ0n) is 11.7. The summed E-state index contributed by atoms with van der Waals surface area (Å²) in [6.07, 6.45) is 1.35. The first-order valence-electron chi connectivity index (χ1n) is 6.71. The second-order valence-electron chi connectivity index (χ2n) is 5.30. The Morgan fingerprint density at radius 1 is 1.26 bits per heavy atom. The summed E-state index contributed by atoms with van der Waals surface area (Å²) >= 11 is 0. The van der Waals surface area contributed by atoms with Gasteiger partial charge in [-0.15, -0.1) is 0 Å². The number of aryl methyl sites for hydroxylation is 2. The molecule has 1 atom stereocenters. The van der Waals surface area contributed by atoms with E-state index < -0.39 is 11.8 Å². The maximum Gasteiger partial charge on any atom is 0.280 e. The molecule has 2 nitrogen and oxygen atoms in total. The Morgan fingerprint density at radius 3 is 2.53 bits per heavy atom. The molecule has 0 saturated carbocycles. The molecule has 2 rings (SSSR count). The summed E-state index contributed by atoms with van der Waals surface area (Å²) < 4.78 is 34.5. The molecule has 1 aliphatic heterocycles. The Morgan fingerprint density at radius 2 is 1.95 bits per heavy atom. The number of benzene rings is 1. The summed E-state index contributed by atoms with van der Waals surface area (Å²) in [5.74, 6) is -3.21. The van der Waals surface area contributed by atoms with Crippen LogP contribution in [0.5, 0.6) is 5.75 Å². The number of hydrogen-bond donors (Lipinski definition) is 1. The largest absolute Gasteiger partial charge is 0.496 e. The monoisotopic (exact) mass is 269 g/mol. The van der Waals surface area contributed by atoms with Crippen molar-refractivity contribution in [2.24, 2.45) is 5.92 Å². The number of methoxy groups -OCH3 is 1. The molecule has 1 saturated heterocycles. The quantitative estimate of drug-likeness (QED) is 0.908. The lowest BCUT2D eigenvalue weighted by Gasteiger charge is -2.32. The average Bonchev–Trinajstić information content (AvgIpc) is 2.42. The third kappa shape index (κ3) is 2.73. The second kappa shape index (κ2) is 5.45. The first-order valence-corrected chi connectivity index (χ1v) is 6.71. The normalized spacial score (nSPS) is 20.4. The lowest BCUT2D eigenvalue weighted by atomic mass is 9.87. The summed E-state index contributed by atoms with van der Waals surface area (Å²) in [7, 11) is 1.45. The molecule has 1 fully saturated rings. The Bertz CT molecular complexity index is 454. The highest BCUT2D eigenvalue weighted by Gasteiger charge is 2.43. The molecule has 4 heteroatoms. The maximum atomic E-state index is 14.7. The van der Waals surface area contributed by atoms with Gasteiger partial charge in [0.25, 0.3) is 5.92 Å². The maximum absolute atomic E-state index is 14.7. The van der Waals surface area contributed by atoms with Crippen molar-refractivity contribution in [2.75, 3.05) is 20.2 Å². The van der Waals surface area contributed by atoms with Crippen LogP contribution >= 0.6 is 0 Å². The SMILES string of the molecule is COc1cc(C)c(C)cc1C(F)(F)C1CCCNC1. The molecule has 0 radical (unpaired) electrons. The standard InChI is InChI=1S/C15H21F2NO/c1-10-7-13(14(19-3)8-11(10)2)15(16,17)12-5-4-6-18-9-12/h7-8,12,18H,4-6,9H2,1-3H3. The van der Waals surface area contributed by atoms with Crippen LogP contribution in [0.3, 0.4) is 0 Å². The van der Waals surface area contributed by atoms with Gasteiger partial charge in [-0.05, 0) is 56.5 Å². The molecule has 19 heavy (non-hydrogen) atoms. The van der Waals surface area contributed by atoms with Crippen molar-refractivity contribution < 1.29 is 13.5 Å². The fraction of sp³-hybridized carbons (Fsp3) is 0.600. The first kappa shape index (κ1) is 14.3. The minimum Gasteiger partial charge on any atom is -0.496 e. The van der Waals surface area contributed by atoms with Gasteiger partial charge >= 0.3 is 0 Å². The zero-order chi connectivity index (χ0) is 14.0. The fourth-order valence-electron chi connectivity index (χ4n) is 2.60. The molecule has 1 heterocycles. The van der Waals surface area contributed by atoms with E-state index in [1.807, 2.05) is 13.8 Å². The summed E-state index contributed by atoms with van der Waals surface area (Å²) in [5, 5.41) is 3.05. The van der Waals surface area contributed by atoms with E-state index in [1.165, 1.54) is 7.11 Å². The van der Waals surface area contributed by atoms with Crippen LogP contribution in [0.2, 0.25) is 0 Å². The van der Waals surface area contributed by atoms with Crippen LogP contribution in [0.4, 0.5) is 8.78 Å². The van der Waals surface area contributed by atoms with Crippen molar-refractivity contribution in [1.82, 2.24) is 5.32 Å². The van der Waals surface area contributed by atoms with E-state index in [2.05, 4.69) is 5.32 Å². The summed E-state index contributed by atoms with van der Waals surface area (Å²) in [4.78, 5) is 0. The number of piperidine rings is 1. The van der Waals surface area contributed by atoms with Gasteiger partial charge in [0.2, 0.25) is 0 Å². The van der Waals surface area contributed by atoms with Gasteiger partial charge in [0.1, 0.15) is 5.75 Å². The average molecular weight is 269 g/mol. The molecule has 106 valence electrons. The molecule has 1 aromatic rings. The highest BCUT2D eigenvalue weighted by Crippen LogP contribution is 2.44. The van der Waals surface area contributed by atoms with Crippen LogP contribution in [-0.4, -0.2) is 20.2 Å². The van der Waals surface area contributed by atoms with Gasteiger partial charge in [-0.3, -0.25) is 0 Å². The first-order chi connectivity index (χ1) is 8.96. The van der Waals surface area contributed by atoms with Crippen LogP contribution < -0.4 is 10.1 Å². The van der Waals surface area contributed by atoms with Gasteiger partial charge in [0.15, 0.2) is 0 Å².